The monoisotopic (exact) mass is 297 g/mol. The fourth-order valence-electron chi connectivity index (χ4n) is 2.38. The molecule has 0 aromatic carbocycles. The van der Waals surface area contributed by atoms with E-state index in [2.05, 4.69) is 10.6 Å². The van der Waals surface area contributed by atoms with Gasteiger partial charge in [0.15, 0.2) is 0 Å². The van der Waals surface area contributed by atoms with Crippen molar-refractivity contribution in [2.75, 3.05) is 19.6 Å². The maximum atomic E-state index is 12.0. The summed E-state index contributed by atoms with van der Waals surface area (Å²) in [5, 5.41) is 14.1. The zero-order chi connectivity index (χ0) is 15.6. The highest BCUT2D eigenvalue weighted by Gasteiger charge is 2.39. The van der Waals surface area contributed by atoms with Crippen molar-refractivity contribution in [2.45, 2.75) is 25.8 Å². The summed E-state index contributed by atoms with van der Waals surface area (Å²) in [5.74, 6) is -1.62. The minimum atomic E-state index is -1.15. The van der Waals surface area contributed by atoms with Crippen molar-refractivity contribution in [3.8, 4) is 0 Å². The number of carboxylic acid groups (broad SMARTS) is 1. The van der Waals surface area contributed by atoms with Gasteiger partial charge in [-0.05, 0) is 12.3 Å². The number of carbonyl (C=O) groups is 4. The summed E-state index contributed by atoms with van der Waals surface area (Å²) >= 11 is 0. The zero-order valence-electron chi connectivity index (χ0n) is 11.8. The molecule has 116 valence electrons. The lowest BCUT2D eigenvalue weighted by Crippen LogP contribution is -2.59. The number of aliphatic carboxylic acids is 1. The van der Waals surface area contributed by atoms with Crippen LogP contribution in [0.2, 0.25) is 0 Å². The Hall–Kier alpha value is -2.12. The van der Waals surface area contributed by atoms with Crippen molar-refractivity contribution in [1.29, 1.82) is 0 Å². The molecular formula is C13H19N3O5. The highest BCUT2D eigenvalue weighted by molar-refractivity contribution is 5.91. The molecule has 8 nitrogen and oxygen atoms in total. The number of carbonyl (C=O) groups excluding carboxylic acids is 3. The zero-order valence-corrected chi connectivity index (χ0v) is 11.8. The third kappa shape index (κ3) is 3.71. The number of rotatable bonds is 5. The second-order valence-corrected chi connectivity index (χ2v) is 5.54. The highest BCUT2D eigenvalue weighted by atomic mass is 16.4. The van der Waals surface area contributed by atoms with Crippen LogP contribution in [-0.4, -0.2) is 59.4 Å². The fourth-order valence-corrected chi connectivity index (χ4v) is 2.38. The number of nitrogens with one attached hydrogen (secondary N) is 2. The van der Waals surface area contributed by atoms with Crippen LogP contribution < -0.4 is 10.6 Å². The smallest absolute Gasteiger partial charge is 0.328 e. The molecule has 1 aliphatic carbocycles. The fraction of sp³-hybridized carbons (Fsp3) is 0.692. The summed E-state index contributed by atoms with van der Waals surface area (Å²) < 4.78 is 0. The van der Waals surface area contributed by atoms with Gasteiger partial charge in [-0.3, -0.25) is 14.4 Å². The molecule has 0 bridgehead atoms. The molecule has 2 fully saturated rings. The Morgan fingerprint density at radius 1 is 1.43 bits per heavy atom. The lowest BCUT2D eigenvalue weighted by Gasteiger charge is -2.32. The van der Waals surface area contributed by atoms with Gasteiger partial charge in [-0.2, -0.15) is 0 Å². The Balaban J connectivity index is 1.81. The Labute approximate surface area is 121 Å². The molecule has 21 heavy (non-hydrogen) atoms. The van der Waals surface area contributed by atoms with Crippen LogP contribution in [0.4, 0.5) is 0 Å². The van der Waals surface area contributed by atoms with Gasteiger partial charge in [-0.1, -0.05) is 6.92 Å². The van der Waals surface area contributed by atoms with Crippen LogP contribution >= 0.6 is 0 Å². The lowest BCUT2D eigenvalue weighted by atomic mass is 10.1. The predicted octanol–water partition coefficient (Wildman–Crippen LogP) is -1.44. The molecule has 3 N–H and O–H groups in total. The molecule has 3 amide bonds. The van der Waals surface area contributed by atoms with E-state index in [4.69, 9.17) is 5.11 Å². The van der Waals surface area contributed by atoms with Crippen LogP contribution in [-0.2, 0) is 19.2 Å². The van der Waals surface area contributed by atoms with Crippen LogP contribution in [0.3, 0.4) is 0 Å². The molecule has 2 aliphatic rings. The van der Waals surface area contributed by atoms with Gasteiger partial charge in [0.2, 0.25) is 17.7 Å². The molecule has 1 saturated carbocycles. The summed E-state index contributed by atoms with van der Waals surface area (Å²) in [4.78, 5) is 47.0. The third-order valence-corrected chi connectivity index (χ3v) is 3.87. The maximum absolute atomic E-state index is 12.0. The van der Waals surface area contributed by atoms with Crippen molar-refractivity contribution >= 4 is 23.7 Å². The summed E-state index contributed by atoms with van der Waals surface area (Å²) in [5.41, 5.74) is 0. The molecule has 0 aromatic rings. The van der Waals surface area contributed by atoms with E-state index in [1.54, 1.807) is 0 Å². The van der Waals surface area contributed by atoms with Gasteiger partial charge in [-0.25, -0.2) is 4.79 Å². The molecule has 0 radical (unpaired) electrons. The first-order chi connectivity index (χ1) is 9.90. The van der Waals surface area contributed by atoms with Crippen molar-refractivity contribution in [2.24, 2.45) is 11.8 Å². The SMILES string of the molecule is CC1CC1C(=O)NCCC(=O)N1CC(=O)NCC1C(=O)O. The number of nitrogens with zero attached hydrogens (tertiary/aromatic N) is 1. The minimum absolute atomic E-state index is 0.0100. The number of piperazine rings is 1. The van der Waals surface area contributed by atoms with Crippen LogP contribution in [0, 0.1) is 11.8 Å². The molecule has 2 rings (SSSR count). The van der Waals surface area contributed by atoms with E-state index in [0.717, 1.165) is 11.3 Å². The standard InChI is InChI=1S/C13H19N3O5/c1-7-4-8(7)12(19)14-3-2-11(18)16-6-10(17)15-5-9(16)13(20)21/h7-9H,2-6H2,1H3,(H,14,19)(H,15,17)(H,20,21). The normalized spacial score (nSPS) is 27.8. The predicted molar refractivity (Wildman–Crippen MR) is 71.0 cm³/mol. The Morgan fingerprint density at radius 2 is 2.10 bits per heavy atom. The van der Waals surface area contributed by atoms with Gasteiger partial charge in [0.1, 0.15) is 12.6 Å². The average Bonchev–Trinajstić information content (AvgIpc) is 3.15. The first-order valence-electron chi connectivity index (χ1n) is 6.97. The number of amides is 3. The van der Waals surface area contributed by atoms with E-state index in [1.807, 2.05) is 6.92 Å². The molecule has 1 aliphatic heterocycles. The van der Waals surface area contributed by atoms with Crippen LogP contribution in [0.15, 0.2) is 0 Å². The summed E-state index contributed by atoms with van der Waals surface area (Å²) in [6.45, 7) is 1.79. The Morgan fingerprint density at radius 3 is 2.67 bits per heavy atom. The first kappa shape index (κ1) is 15.3. The van der Waals surface area contributed by atoms with Gasteiger partial charge in [0, 0.05) is 25.4 Å². The van der Waals surface area contributed by atoms with Crippen molar-refractivity contribution < 1.29 is 24.3 Å². The second-order valence-electron chi connectivity index (χ2n) is 5.54. The van der Waals surface area contributed by atoms with E-state index >= 15 is 0 Å². The van der Waals surface area contributed by atoms with Gasteiger partial charge < -0.3 is 20.6 Å². The molecule has 0 spiro atoms. The van der Waals surface area contributed by atoms with E-state index in [-0.39, 0.29) is 43.8 Å². The topological polar surface area (TPSA) is 116 Å². The van der Waals surface area contributed by atoms with Crippen LogP contribution in [0.1, 0.15) is 19.8 Å². The molecule has 1 saturated heterocycles. The highest BCUT2D eigenvalue weighted by Crippen LogP contribution is 2.37. The summed E-state index contributed by atoms with van der Waals surface area (Å²) in [7, 11) is 0. The molecule has 8 heteroatoms. The van der Waals surface area contributed by atoms with E-state index in [0.29, 0.717) is 5.92 Å². The maximum Gasteiger partial charge on any atom is 0.328 e. The summed E-state index contributed by atoms with van der Waals surface area (Å²) in [6.07, 6.45) is 0.858. The molecule has 3 unspecified atom stereocenters. The molecular weight excluding hydrogens is 278 g/mol. The third-order valence-electron chi connectivity index (χ3n) is 3.87. The van der Waals surface area contributed by atoms with Gasteiger partial charge >= 0.3 is 5.97 Å². The van der Waals surface area contributed by atoms with Gasteiger partial charge in [0.25, 0.3) is 0 Å². The Bertz CT molecular complexity index is 478. The number of hydrogen-bond acceptors (Lipinski definition) is 4. The molecule has 0 aromatic heterocycles. The largest absolute Gasteiger partial charge is 0.480 e. The average molecular weight is 297 g/mol. The summed E-state index contributed by atoms with van der Waals surface area (Å²) in [6, 6.07) is -1.05. The minimum Gasteiger partial charge on any atom is -0.480 e. The number of carboxylic acids is 1. The molecule has 1 heterocycles. The van der Waals surface area contributed by atoms with E-state index in [9.17, 15) is 19.2 Å². The number of hydrogen-bond donors (Lipinski definition) is 3. The van der Waals surface area contributed by atoms with Crippen LogP contribution in [0.25, 0.3) is 0 Å². The quantitative estimate of drug-likeness (QED) is 0.575. The van der Waals surface area contributed by atoms with E-state index < -0.39 is 17.9 Å². The van der Waals surface area contributed by atoms with E-state index in [1.165, 1.54) is 0 Å². The van der Waals surface area contributed by atoms with Crippen molar-refractivity contribution in [3.05, 3.63) is 0 Å². The van der Waals surface area contributed by atoms with Crippen molar-refractivity contribution in [3.63, 3.8) is 0 Å². The molecule has 3 atom stereocenters. The first-order valence-corrected chi connectivity index (χ1v) is 6.97. The van der Waals surface area contributed by atoms with Gasteiger partial charge in [0.05, 0.1) is 0 Å². The lowest BCUT2D eigenvalue weighted by molar-refractivity contribution is -0.154. The van der Waals surface area contributed by atoms with Crippen molar-refractivity contribution in [1.82, 2.24) is 15.5 Å². The Kier molecular flexibility index (Phi) is 4.44. The second kappa shape index (κ2) is 6.11. The van der Waals surface area contributed by atoms with Gasteiger partial charge in [-0.15, -0.1) is 0 Å². The van der Waals surface area contributed by atoms with Crippen LogP contribution in [0.5, 0.6) is 0 Å².